The topological polar surface area (TPSA) is 59.3 Å². The van der Waals surface area contributed by atoms with Crippen molar-refractivity contribution in [3.8, 4) is 17.6 Å². The number of carbonyl (C=O) groups is 1. The van der Waals surface area contributed by atoms with Gasteiger partial charge in [-0.15, -0.1) is 11.3 Å². The Hall–Kier alpha value is -3.43. The second kappa shape index (κ2) is 8.98. The van der Waals surface area contributed by atoms with Gasteiger partial charge < -0.3 is 9.47 Å². The van der Waals surface area contributed by atoms with Gasteiger partial charge in [0.05, 0.1) is 12.7 Å². The molecular formula is C22H16FNO3S. The lowest BCUT2D eigenvalue weighted by atomic mass is 10.0. The van der Waals surface area contributed by atoms with Crippen molar-refractivity contribution in [2.24, 2.45) is 0 Å². The molecular weight excluding hydrogens is 377 g/mol. The number of ketones is 1. The summed E-state index contributed by atoms with van der Waals surface area (Å²) < 4.78 is 25.0. The molecule has 1 aromatic heterocycles. The predicted octanol–water partition coefficient (Wildman–Crippen LogP) is 5.26. The molecule has 0 unspecified atom stereocenters. The molecule has 28 heavy (non-hydrogen) atoms. The molecule has 0 aliphatic carbocycles. The van der Waals surface area contributed by atoms with Crippen LogP contribution in [-0.4, -0.2) is 12.9 Å². The summed E-state index contributed by atoms with van der Waals surface area (Å²) in [5.41, 5.74) is 0.263. The molecule has 6 heteroatoms. The summed E-state index contributed by atoms with van der Waals surface area (Å²) in [4.78, 5) is 13.5. The van der Waals surface area contributed by atoms with Gasteiger partial charge in [-0.1, -0.05) is 24.3 Å². The van der Waals surface area contributed by atoms with Gasteiger partial charge in [-0.25, -0.2) is 4.39 Å². The van der Waals surface area contributed by atoms with Crippen molar-refractivity contribution < 1.29 is 18.7 Å². The Kier molecular flexibility index (Phi) is 6.20. The first-order valence-corrected chi connectivity index (χ1v) is 9.24. The number of hydrogen-bond acceptors (Lipinski definition) is 5. The molecule has 0 amide bonds. The average Bonchev–Trinajstić information content (AvgIpc) is 3.24. The fourth-order valence-corrected chi connectivity index (χ4v) is 3.16. The Morgan fingerprint density at radius 2 is 2.00 bits per heavy atom. The highest BCUT2D eigenvalue weighted by Gasteiger charge is 2.16. The number of benzene rings is 2. The molecule has 4 nitrogen and oxygen atoms in total. The highest BCUT2D eigenvalue weighted by molar-refractivity contribution is 7.09. The normalized spacial score (nSPS) is 11.0. The van der Waals surface area contributed by atoms with Crippen molar-refractivity contribution in [2.75, 3.05) is 7.11 Å². The minimum absolute atomic E-state index is 0.141. The van der Waals surface area contributed by atoms with Crippen LogP contribution in [-0.2, 0) is 6.61 Å². The van der Waals surface area contributed by atoms with Crippen molar-refractivity contribution >= 4 is 23.2 Å². The highest BCUT2D eigenvalue weighted by atomic mass is 32.1. The van der Waals surface area contributed by atoms with Gasteiger partial charge in [0.2, 0.25) is 5.78 Å². The first-order valence-electron chi connectivity index (χ1n) is 8.36. The van der Waals surface area contributed by atoms with Gasteiger partial charge in [-0.3, -0.25) is 4.79 Å². The van der Waals surface area contributed by atoms with Crippen LogP contribution in [0.1, 0.15) is 20.8 Å². The van der Waals surface area contributed by atoms with E-state index in [0.717, 1.165) is 4.88 Å². The van der Waals surface area contributed by atoms with E-state index in [-0.39, 0.29) is 11.1 Å². The molecule has 0 radical (unpaired) electrons. The van der Waals surface area contributed by atoms with Gasteiger partial charge in [0.25, 0.3) is 0 Å². The van der Waals surface area contributed by atoms with E-state index in [4.69, 9.17) is 9.47 Å². The Balaban J connectivity index is 1.84. The maximum absolute atomic E-state index is 13.9. The van der Waals surface area contributed by atoms with Crippen LogP contribution in [0.25, 0.3) is 6.08 Å². The molecule has 0 aliphatic heterocycles. The number of Topliss-reactive ketones (excluding diaryl/α,β-unsaturated/α-hetero) is 1. The van der Waals surface area contributed by atoms with Gasteiger partial charge in [-0.05, 0) is 47.4 Å². The number of halogens is 1. The molecule has 1 heterocycles. The van der Waals surface area contributed by atoms with Crippen LogP contribution < -0.4 is 9.47 Å². The standard InChI is InChI=1S/C22H16FNO3S/c1-26-21-12-15(8-9-20(21)27-14-17-5-4-10-28-17)11-16(13-24)22(25)18-6-2-3-7-19(18)23/h2-12H,14H2,1H3/b16-11+. The number of nitrogens with zero attached hydrogens (tertiary/aromatic N) is 1. The molecule has 140 valence electrons. The van der Waals surface area contributed by atoms with E-state index in [1.807, 2.05) is 23.6 Å². The lowest BCUT2D eigenvalue weighted by Gasteiger charge is -2.11. The van der Waals surface area contributed by atoms with E-state index in [2.05, 4.69) is 0 Å². The van der Waals surface area contributed by atoms with E-state index >= 15 is 0 Å². The zero-order valence-corrected chi connectivity index (χ0v) is 15.8. The van der Waals surface area contributed by atoms with E-state index in [9.17, 15) is 14.4 Å². The minimum Gasteiger partial charge on any atom is -0.493 e. The Bertz CT molecular complexity index is 1050. The first kappa shape index (κ1) is 19.3. The molecule has 0 bridgehead atoms. The van der Waals surface area contributed by atoms with Gasteiger partial charge in [0, 0.05) is 4.88 Å². The Morgan fingerprint density at radius 3 is 2.68 bits per heavy atom. The molecule has 0 saturated heterocycles. The van der Waals surface area contributed by atoms with Crippen LogP contribution in [0.15, 0.2) is 65.6 Å². The molecule has 0 saturated carbocycles. The van der Waals surface area contributed by atoms with E-state index in [0.29, 0.717) is 23.7 Å². The van der Waals surface area contributed by atoms with Crippen LogP contribution in [0, 0.1) is 17.1 Å². The van der Waals surface area contributed by atoms with Crippen molar-refractivity contribution in [1.82, 2.24) is 0 Å². The fraction of sp³-hybridized carbons (Fsp3) is 0.0909. The van der Waals surface area contributed by atoms with Gasteiger partial charge >= 0.3 is 0 Å². The van der Waals surface area contributed by atoms with Gasteiger partial charge in [0.1, 0.15) is 24.1 Å². The lowest BCUT2D eigenvalue weighted by molar-refractivity contribution is 0.103. The number of ether oxygens (including phenoxy) is 2. The maximum Gasteiger partial charge on any atom is 0.206 e. The van der Waals surface area contributed by atoms with Crippen molar-refractivity contribution in [1.29, 1.82) is 5.26 Å². The van der Waals surface area contributed by atoms with Gasteiger partial charge in [-0.2, -0.15) is 5.26 Å². The highest BCUT2D eigenvalue weighted by Crippen LogP contribution is 2.30. The fourth-order valence-electron chi connectivity index (χ4n) is 2.54. The number of methoxy groups -OCH3 is 1. The van der Waals surface area contributed by atoms with Crippen LogP contribution in [0.2, 0.25) is 0 Å². The number of rotatable bonds is 7. The van der Waals surface area contributed by atoms with Crippen molar-refractivity contribution in [3.05, 3.63) is 87.4 Å². The molecule has 0 aliphatic rings. The lowest BCUT2D eigenvalue weighted by Crippen LogP contribution is -2.04. The van der Waals surface area contributed by atoms with Crippen LogP contribution >= 0.6 is 11.3 Å². The van der Waals surface area contributed by atoms with Crippen LogP contribution in [0.3, 0.4) is 0 Å². The second-order valence-electron chi connectivity index (χ2n) is 5.76. The zero-order chi connectivity index (χ0) is 19.9. The molecule has 3 aromatic rings. The third kappa shape index (κ3) is 4.45. The average molecular weight is 393 g/mol. The third-order valence-electron chi connectivity index (χ3n) is 3.93. The molecule has 0 fully saturated rings. The number of nitriles is 1. The summed E-state index contributed by atoms with van der Waals surface area (Å²) in [6, 6.07) is 16.4. The quantitative estimate of drug-likeness (QED) is 0.312. The molecule has 0 atom stereocenters. The number of hydrogen-bond donors (Lipinski definition) is 0. The van der Waals surface area contributed by atoms with Crippen molar-refractivity contribution in [2.45, 2.75) is 6.61 Å². The number of thiophene rings is 1. The third-order valence-corrected chi connectivity index (χ3v) is 4.78. The molecule has 2 aromatic carbocycles. The second-order valence-corrected chi connectivity index (χ2v) is 6.79. The summed E-state index contributed by atoms with van der Waals surface area (Å²) >= 11 is 1.59. The predicted molar refractivity (Wildman–Crippen MR) is 106 cm³/mol. The monoisotopic (exact) mass is 393 g/mol. The first-order chi connectivity index (χ1) is 13.6. The van der Waals surface area contributed by atoms with Crippen molar-refractivity contribution in [3.63, 3.8) is 0 Å². The van der Waals surface area contributed by atoms with E-state index in [1.54, 1.807) is 35.6 Å². The number of carbonyl (C=O) groups excluding carboxylic acids is 1. The Morgan fingerprint density at radius 1 is 1.18 bits per heavy atom. The van der Waals surface area contributed by atoms with Crippen LogP contribution in [0.4, 0.5) is 4.39 Å². The smallest absolute Gasteiger partial charge is 0.206 e. The SMILES string of the molecule is COc1cc(/C=C(\C#N)C(=O)c2ccccc2F)ccc1OCc1cccs1. The van der Waals surface area contributed by atoms with Gasteiger partial charge in [0.15, 0.2) is 11.5 Å². The van der Waals surface area contributed by atoms with E-state index in [1.165, 1.54) is 31.4 Å². The van der Waals surface area contributed by atoms with E-state index < -0.39 is 11.6 Å². The minimum atomic E-state index is -0.669. The Labute approximate surface area is 166 Å². The molecule has 3 rings (SSSR count). The summed E-state index contributed by atoms with van der Waals surface area (Å²) in [5, 5.41) is 11.3. The summed E-state index contributed by atoms with van der Waals surface area (Å²) in [6.07, 6.45) is 1.40. The largest absolute Gasteiger partial charge is 0.493 e. The zero-order valence-electron chi connectivity index (χ0n) is 15.0. The number of allylic oxidation sites excluding steroid dienone is 1. The molecule has 0 spiro atoms. The maximum atomic E-state index is 13.9. The van der Waals surface area contributed by atoms with Crippen LogP contribution in [0.5, 0.6) is 11.5 Å². The molecule has 0 N–H and O–H groups in total. The summed E-state index contributed by atoms with van der Waals surface area (Å²) in [5.74, 6) is -0.311. The summed E-state index contributed by atoms with van der Waals surface area (Å²) in [6.45, 7) is 0.415. The summed E-state index contributed by atoms with van der Waals surface area (Å²) in [7, 11) is 1.51.